The molecular formula is C19H26N4O3. The number of hydrogen-bond donors (Lipinski definition) is 1. The molecule has 1 aliphatic rings. The van der Waals surface area contributed by atoms with Crippen molar-refractivity contribution in [1.29, 1.82) is 0 Å². The maximum Gasteiger partial charge on any atom is 0.322 e. The van der Waals surface area contributed by atoms with Gasteiger partial charge in [0.15, 0.2) is 0 Å². The van der Waals surface area contributed by atoms with Crippen molar-refractivity contribution < 1.29 is 9.53 Å². The van der Waals surface area contributed by atoms with Crippen LogP contribution in [0.3, 0.4) is 0 Å². The highest BCUT2D eigenvalue weighted by molar-refractivity contribution is 5.90. The van der Waals surface area contributed by atoms with Gasteiger partial charge < -0.3 is 15.0 Å². The Bertz CT molecular complexity index is 867. The Morgan fingerprint density at radius 2 is 1.92 bits per heavy atom. The Morgan fingerprint density at radius 3 is 2.54 bits per heavy atom. The van der Waals surface area contributed by atoms with Crippen LogP contribution in [-0.4, -0.2) is 45.1 Å². The first-order chi connectivity index (χ1) is 12.2. The van der Waals surface area contributed by atoms with Crippen LogP contribution in [0.2, 0.25) is 0 Å². The first-order valence-corrected chi connectivity index (χ1v) is 8.77. The van der Waals surface area contributed by atoms with Crippen LogP contribution in [0.15, 0.2) is 35.1 Å². The molecular weight excluding hydrogens is 332 g/mol. The third kappa shape index (κ3) is 3.39. The predicted molar refractivity (Wildman–Crippen MR) is 101 cm³/mol. The van der Waals surface area contributed by atoms with Crippen molar-refractivity contribution in [2.24, 2.45) is 7.05 Å². The van der Waals surface area contributed by atoms with Gasteiger partial charge in [-0.1, -0.05) is 18.2 Å². The molecule has 0 spiro atoms. The van der Waals surface area contributed by atoms with Crippen LogP contribution in [0.25, 0.3) is 5.69 Å². The van der Waals surface area contributed by atoms with Crippen molar-refractivity contribution in [3.8, 4) is 5.69 Å². The molecule has 1 N–H and O–H groups in total. The van der Waals surface area contributed by atoms with Gasteiger partial charge in [-0.05, 0) is 39.8 Å². The zero-order chi connectivity index (χ0) is 19.1. The summed E-state index contributed by atoms with van der Waals surface area (Å²) in [6.45, 7) is 8.65. The Hall–Kier alpha value is -2.54. The molecule has 2 amide bonds. The Labute approximate surface area is 153 Å². The number of amides is 2. The fraction of sp³-hybridized carbons (Fsp3) is 0.474. The second-order valence-corrected chi connectivity index (χ2v) is 7.44. The highest BCUT2D eigenvalue weighted by atomic mass is 16.5. The molecule has 1 aromatic carbocycles. The van der Waals surface area contributed by atoms with Crippen LogP contribution in [0, 0.1) is 6.92 Å². The summed E-state index contributed by atoms with van der Waals surface area (Å²) in [7, 11) is 1.80. The van der Waals surface area contributed by atoms with Crippen molar-refractivity contribution in [2.75, 3.05) is 18.4 Å². The highest BCUT2D eigenvalue weighted by Gasteiger charge is 2.34. The van der Waals surface area contributed by atoms with E-state index in [9.17, 15) is 9.59 Å². The van der Waals surface area contributed by atoms with E-state index in [-0.39, 0.29) is 17.7 Å². The number of carbonyl (C=O) groups is 1. The zero-order valence-corrected chi connectivity index (χ0v) is 15.9. The number of nitrogens with one attached hydrogen (secondary N) is 1. The first-order valence-electron chi connectivity index (χ1n) is 8.77. The van der Waals surface area contributed by atoms with Gasteiger partial charge in [0.25, 0.3) is 5.56 Å². The van der Waals surface area contributed by atoms with Crippen LogP contribution in [0.1, 0.15) is 26.5 Å². The van der Waals surface area contributed by atoms with Crippen LogP contribution in [0.5, 0.6) is 0 Å². The second-order valence-electron chi connectivity index (χ2n) is 7.44. The van der Waals surface area contributed by atoms with Crippen molar-refractivity contribution >= 4 is 11.7 Å². The van der Waals surface area contributed by atoms with E-state index in [2.05, 4.69) is 5.32 Å². The number of nitrogens with zero attached hydrogens (tertiary/aromatic N) is 3. The van der Waals surface area contributed by atoms with E-state index < -0.39 is 5.60 Å². The SMILES string of the molecule is Cc1c(NC(=O)N2CC(C)OC(C)(C)C2)c(=O)n(-c2ccccc2)n1C. The highest BCUT2D eigenvalue weighted by Crippen LogP contribution is 2.22. The molecule has 1 aliphatic heterocycles. The number of morpholine rings is 1. The third-order valence-corrected chi connectivity index (χ3v) is 4.64. The molecule has 7 nitrogen and oxygen atoms in total. The smallest absolute Gasteiger partial charge is 0.322 e. The lowest BCUT2D eigenvalue weighted by Crippen LogP contribution is -2.55. The average Bonchev–Trinajstić information content (AvgIpc) is 2.77. The number of ether oxygens (including phenoxy) is 1. The molecule has 0 aliphatic carbocycles. The summed E-state index contributed by atoms with van der Waals surface area (Å²) in [6.07, 6.45) is -0.0534. The van der Waals surface area contributed by atoms with Gasteiger partial charge in [-0.25, -0.2) is 9.48 Å². The van der Waals surface area contributed by atoms with E-state index in [0.29, 0.717) is 24.5 Å². The average molecular weight is 358 g/mol. The van der Waals surface area contributed by atoms with Crippen LogP contribution in [0.4, 0.5) is 10.5 Å². The number of carbonyl (C=O) groups excluding carboxylic acids is 1. The van der Waals surface area contributed by atoms with Gasteiger partial charge in [0, 0.05) is 13.6 Å². The summed E-state index contributed by atoms with van der Waals surface area (Å²) in [5.41, 5.74) is 1.10. The van der Waals surface area contributed by atoms with E-state index in [1.807, 2.05) is 58.0 Å². The van der Waals surface area contributed by atoms with Crippen LogP contribution in [-0.2, 0) is 11.8 Å². The largest absolute Gasteiger partial charge is 0.369 e. The molecule has 1 fully saturated rings. The fourth-order valence-electron chi connectivity index (χ4n) is 3.51. The van der Waals surface area contributed by atoms with Crippen LogP contribution >= 0.6 is 0 Å². The molecule has 0 radical (unpaired) electrons. The molecule has 7 heteroatoms. The van der Waals surface area contributed by atoms with Crippen LogP contribution < -0.4 is 10.9 Å². The molecule has 1 aromatic heterocycles. The van der Waals surface area contributed by atoms with Gasteiger partial charge >= 0.3 is 6.03 Å². The summed E-state index contributed by atoms with van der Waals surface area (Å²) in [5.74, 6) is 0. The van der Waals surface area contributed by atoms with E-state index in [4.69, 9.17) is 4.74 Å². The number of hydrogen-bond acceptors (Lipinski definition) is 3. The standard InChI is InChI=1S/C19H26N4O3/c1-13-11-22(12-19(3,4)26-13)18(25)20-16-14(2)21(5)23(17(16)24)15-9-7-6-8-10-15/h6-10,13H,11-12H2,1-5H3,(H,20,25). The summed E-state index contributed by atoms with van der Waals surface area (Å²) in [6, 6.07) is 9.09. The van der Waals surface area contributed by atoms with Crippen molar-refractivity contribution in [3.63, 3.8) is 0 Å². The molecule has 0 saturated carbocycles. The van der Waals surface area contributed by atoms with Crippen molar-refractivity contribution in [3.05, 3.63) is 46.4 Å². The van der Waals surface area contributed by atoms with Gasteiger partial charge in [0.05, 0.1) is 29.6 Å². The van der Waals surface area contributed by atoms with Gasteiger partial charge in [0.1, 0.15) is 5.69 Å². The fourth-order valence-corrected chi connectivity index (χ4v) is 3.51. The van der Waals surface area contributed by atoms with E-state index in [1.165, 1.54) is 0 Å². The number of para-hydroxylation sites is 1. The molecule has 2 heterocycles. The lowest BCUT2D eigenvalue weighted by Gasteiger charge is -2.41. The maximum absolute atomic E-state index is 12.9. The lowest BCUT2D eigenvalue weighted by atomic mass is 10.1. The number of rotatable bonds is 2. The molecule has 3 rings (SSSR count). The summed E-state index contributed by atoms with van der Waals surface area (Å²) in [4.78, 5) is 27.4. The molecule has 1 saturated heterocycles. The minimum Gasteiger partial charge on any atom is -0.369 e. The molecule has 0 bridgehead atoms. The van der Waals surface area contributed by atoms with Gasteiger partial charge in [-0.2, -0.15) is 0 Å². The monoisotopic (exact) mass is 358 g/mol. The first kappa shape index (κ1) is 18.3. The van der Waals surface area contributed by atoms with Gasteiger partial charge in [-0.3, -0.25) is 9.48 Å². The molecule has 2 aromatic rings. The van der Waals surface area contributed by atoms with E-state index in [0.717, 1.165) is 5.69 Å². The minimum atomic E-state index is -0.412. The third-order valence-electron chi connectivity index (χ3n) is 4.64. The molecule has 1 atom stereocenters. The van der Waals surface area contributed by atoms with Gasteiger partial charge in [0.2, 0.25) is 0 Å². The quantitative estimate of drug-likeness (QED) is 0.897. The summed E-state index contributed by atoms with van der Waals surface area (Å²) >= 11 is 0. The Kier molecular flexibility index (Phi) is 4.66. The normalized spacial score (nSPS) is 19.4. The number of anilines is 1. The lowest BCUT2D eigenvalue weighted by molar-refractivity contribution is -0.116. The number of urea groups is 1. The van der Waals surface area contributed by atoms with E-state index >= 15 is 0 Å². The maximum atomic E-state index is 12.9. The van der Waals surface area contributed by atoms with E-state index in [1.54, 1.807) is 21.3 Å². The minimum absolute atomic E-state index is 0.0534. The topological polar surface area (TPSA) is 68.5 Å². The number of benzene rings is 1. The summed E-state index contributed by atoms with van der Waals surface area (Å²) in [5, 5.41) is 2.81. The van der Waals surface area contributed by atoms with Crippen molar-refractivity contribution in [2.45, 2.75) is 39.4 Å². The van der Waals surface area contributed by atoms with Crippen molar-refractivity contribution in [1.82, 2.24) is 14.3 Å². The zero-order valence-electron chi connectivity index (χ0n) is 15.9. The number of aromatic nitrogens is 2. The summed E-state index contributed by atoms with van der Waals surface area (Å²) < 4.78 is 9.14. The Morgan fingerprint density at radius 1 is 1.27 bits per heavy atom. The molecule has 26 heavy (non-hydrogen) atoms. The van der Waals surface area contributed by atoms with Gasteiger partial charge in [-0.15, -0.1) is 0 Å². The molecule has 140 valence electrons. The molecule has 1 unspecified atom stereocenters. The predicted octanol–water partition coefficient (Wildman–Crippen LogP) is 2.52. The Balaban J connectivity index is 1.89. The second kappa shape index (κ2) is 6.64.